The lowest BCUT2D eigenvalue weighted by molar-refractivity contribution is -0.134. The van der Waals surface area contributed by atoms with Crippen LogP contribution in [0.5, 0.6) is 0 Å². The minimum Gasteiger partial charge on any atom is -0.478 e. The van der Waals surface area contributed by atoms with Crippen LogP contribution in [0.25, 0.3) is 0 Å². The second-order valence-corrected chi connectivity index (χ2v) is 4.98. The van der Waals surface area contributed by atoms with Crippen molar-refractivity contribution in [3.05, 3.63) is 64.2 Å². The Balaban J connectivity index is 0.000000284. The Morgan fingerprint density at radius 2 is 1.78 bits per heavy atom. The summed E-state index contributed by atoms with van der Waals surface area (Å²) >= 11 is 11.7. The van der Waals surface area contributed by atoms with E-state index in [0.29, 0.717) is 22.2 Å². The first-order chi connectivity index (χ1) is 10.8. The van der Waals surface area contributed by atoms with Gasteiger partial charge in [-0.3, -0.25) is 0 Å². The van der Waals surface area contributed by atoms with Crippen LogP contribution in [0, 0.1) is 0 Å². The number of aliphatic carboxylic acids is 2. The number of H-pyrrole nitrogens is 1. The summed E-state index contributed by atoms with van der Waals surface area (Å²) in [5.41, 5.74) is 7.74. The van der Waals surface area contributed by atoms with E-state index in [2.05, 4.69) is 9.97 Å². The molecule has 1 atom stereocenters. The van der Waals surface area contributed by atoms with Gasteiger partial charge in [0.15, 0.2) is 0 Å². The summed E-state index contributed by atoms with van der Waals surface area (Å²) in [6.45, 7) is 0. The summed E-state index contributed by atoms with van der Waals surface area (Å²) in [6.07, 6.45) is 4.39. The quantitative estimate of drug-likeness (QED) is 0.622. The smallest absolute Gasteiger partial charge is 0.328 e. The van der Waals surface area contributed by atoms with Gasteiger partial charge in [0.2, 0.25) is 0 Å². The lowest BCUT2D eigenvalue weighted by atomic mass is 10.1. The highest BCUT2D eigenvalue weighted by Crippen LogP contribution is 2.26. The van der Waals surface area contributed by atoms with Gasteiger partial charge in [0, 0.05) is 18.3 Å². The van der Waals surface area contributed by atoms with Crippen molar-refractivity contribution in [1.82, 2.24) is 9.97 Å². The number of nitrogens with two attached hydrogens (primary N) is 1. The van der Waals surface area contributed by atoms with Crippen LogP contribution in [-0.2, 0) is 9.59 Å². The van der Waals surface area contributed by atoms with Crippen LogP contribution < -0.4 is 5.73 Å². The summed E-state index contributed by atoms with van der Waals surface area (Å²) in [7, 11) is 0. The fourth-order valence-electron chi connectivity index (χ4n) is 1.46. The predicted octanol–water partition coefficient (Wildman–Crippen LogP) is 2.48. The summed E-state index contributed by atoms with van der Waals surface area (Å²) in [5, 5.41) is 16.7. The van der Waals surface area contributed by atoms with Crippen LogP contribution in [0.2, 0.25) is 10.0 Å². The van der Waals surface area contributed by atoms with Gasteiger partial charge in [0.1, 0.15) is 0 Å². The van der Waals surface area contributed by atoms with Gasteiger partial charge in [-0.15, -0.1) is 0 Å². The maximum Gasteiger partial charge on any atom is 0.328 e. The van der Waals surface area contributed by atoms with Crippen LogP contribution in [0.1, 0.15) is 17.3 Å². The Morgan fingerprint density at radius 1 is 1.17 bits per heavy atom. The number of carbonyl (C=O) groups is 2. The van der Waals surface area contributed by atoms with Crippen molar-refractivity contribution in [3.63, 3.8) is 0 Å². The largest absolute Gasteiger partial charge is 0.478 e. The number of benzene rings is 1. The van der Waals surface area contributed by atoms with Crippen LogP contribution >= 0.6 is 23.2 Å². The summed E-state index contributed by atoms with van der Waals surface area (Å²) in [4.78, 5) is 26.0. The van der Waals surface area contributed by atoms with Crippen molar-refractivity contribution < 1.29 is 19.8 Å². The Hall–Kier alpha value is -2.35. The SMILES string of the molecule is NC(c1ccc(Cl)c(Cl)c1)c1cnc[nH]1.O=C(O)/C=C/C(=O)O. The van der Waals surface area contributed by atoms with Crippen molar-refractivity contribution >= 4 is 35.1 Å². The van der Waals surface area contributed by atoms with Crippen LogP contribution in [0.3, 0.4) is 0 Å². The first kappa shape index (κ1) is 18.7. The molecule has 122 valence electrons. The van der Waals surface area contributed by atoms with Crippen LogP contribution in [0.4, 0.5) is 0 Å². The van der Waals surface area contributed by atoms with Crippen molar-refractivity contribution in [1.29, 1.82) is 0 Å². The highest BCUT2D eigenvalue weighted by molar-refractivity contribution is 6.42. The third-order valence-electron chi connectivity index (χ3n) is 2.53. The van der Waals surface area contributed by atoms with E-state index in [4.69, 9.17) is 39.1 Å². The van der Waals surface area contributed by atoms with E-state index >= 15 is 0 Å². The molecular formula is C14H13Cl2N3O4. The van der Waals surface area contributed by atoms with E-state index < -0.39 is 11.9 Å². The number of carboxylic acid groups (broad SMARTS) is 2. The van der Waals surface area contributed by atoms with Crippen molar-refractivity contribution in [2.75, 3.05) is 0 Å². The maximum atomic E-state index is 9.55. The molecule has 2 aromatic rings. The van der Waals surface area contributed by atoms with Gasteiger partial charge in [-0.1, -0.05) is 29.3 Å². The van der Waals surface area contributed by atoms with Crippen molar-refractivity contribution in [2.45, 2.75) is 6.04 Å². The molecule has 9 heteroatoms. The zero-order valence-electron chi connectivity index (χ0n) is 11.6. The zero-order valence-corrected chi connectivity index (χ0v) is 13.1. The molecule has 1 unspecified atom stereocenters. The highest BCUT2D eigenvalue weighted by atomic mass is 35.5. The highest BCUT2D eigenvalue weighted by Gasteiger charge is 2.11. The number of rotatable bonds is 4. The van der Waals surface area contributed by atoms with Gasteiger partial charge in [-0.2, -0.15) is 0 Å². The normalized spacial score (nSPS) is 11.6. The van der Waals surface area contributed by atoms with E-state index in [0.717, 1.165) is 11.3 Å². The van der Waals surface area contributed by atoms with Crippen LogP contribution in [0.15, 0.2) is 42.9 Å². The van der Waals surface area contributed by atoms with Gasteiger partial charge in [0.25, 0.3) is 0 Å². The molecule has 0 spiro atoms. The molecule has 0 aliphatic carbocycles. The first-order valence-corrected chi connectivity index (χ1v) is 6.89. The molecule has 1 heterocycles. The number of aromatic amines is 1. The zero-order chi connectivity index (χ0) is 17.4. The molecule has 0 radical (unpaired) electrons. The maximum absolute atomic E-state index is 9.55. The van der Waals surface area contributed by atoms with Crippen molar-refractivity contribution in [3.8, 4) is 0 Å². The third kappa shape index (κ3) is 6.52. The van der Waals surface area contributed by atoms with Crippen molar-refractivity contribution in [2.24, 2.45) is 5.73 Å². The Labute approximate surface area is 141 Å². The van der Waals surface area contributed by atoms with Gasteiger partial charge in [0.05, 0.1) is 28.1 Å². The fraction of sp³-hybridized carbons (Fsp3) is 0.0714. The van der Waals surface area contributed by atoms with E-state index in [1.54, 1.807) is 24.7 Å². The lowest BCUT2D eigenvalue weighted by Crippen LogP contribution is -2.12. The van der Waals surface area contributed by atoms with Gasteiger partial charge in [-0.05, 0) is 17.7 Å². The molecular weight excluding hydrogens is 345 g/mol. The Bertz CT molecular complexity index is 686. The van der Waals surface area contributed by atoms with Crippen LogP contribution in [-0.4, -0.2) is 32.1 Å². The van der Waals surface area contributed by atoms with Gasteiger partial charge < -0.3 is 20.9 Å². The van der Waals surface area contributed by atoms with Gasteiger partial charge in [-0.25, -0.2) is 14.6 Å². The number of carboxylic acids is 2. The van der Waals surface area contributed by atoms with Gasteiger partial charge >= 0.3 is 11.9 Å². The Kier molecular flexibility index (Phi) is 7.27. The summed E-state index contributed by atoms with van der Waals surface area (Å²) in [5.74, 6) is -2.51. The molecule has 0 amide bonds. The molecule has 0 bridgehead atoms. The minimum atomic E-state index is -1.26. The summed E-state index contributed by atoms with van der Waals surface area (Å²) < 4.78 is 0. The molecule has 1 aromatic carbocycles. The molecule has 2 rings (SSSR count). The van der Waals surface area contributed by atoms with E-state index in [9.17, 15) is 9.59 Å². The molecule has 0 fully saturated rings. The molecule has 7 nitrogen and oxygen atoms in total. The standard InChI is InChI=1S/C10H9Cl2N3.C4H4O4/c11-7-2-1-6(3-8(7)12)10(13)9-4-14-5-15-9;5-3(6)1-2-4(7)8/h1-5,10H,13H2,(H,14,15);1-2H,(H,5,6)(H,7,8)/b;2-1+. The minimum absolute atomic E-state index is 0.262. The van der Waals surface area contributed by atoms with E-state index in [1.165, 1.54) is 0 Å². The molecule has 0 aliphatic heterocycles. The number of imidazole rings is 1. The average Bonchev–Trinajstić information content (AvgIpc) is 3.02. The second kappa shape index (κ2) is 8.94. The third-order valence-corrected chi connectivity index (χ3v) is 3.26. The second-order valence-electron chi connectivity index (χ2n) is 4.17. The average molecular weight is 358 g/mol. The molecule has 1 aromatic heterocycles. The predicted molar refractivity (Wildman–Crippen MR) is 85.5 cm³/mol. The fourth-order valence-corrected chi connectivity index (χ4v) is 1.77. The summed E-state index contributed by atoms with van der Waals surface area (Å²) in [6, 6.07) is 5.08. The number of halogens is 2. The monoisotopic (exact) mass is 357 g/mol. The number of aromatic nitrogens is 2. The first-order valence-electron chi connectivity index (χ1n) is 6.14. The molecule has 0 aliphatic rings. The van der Waals surface area contributed by atoms with E-state index in [1.807, 2.05) is 6.07 Å². The van der Waals surface area contributed by atoms with E-state index in [-0.39, 0.29) is 6.04 Å². The molecule has 0 saturated heterocycles. The number of nitrogens with one attached hydrogen (secondary N) is 1. The molecule has 23 heavy (non-hydrogen) atoms. The number of nitrogens with zero attached hydrogens (tertiary/aromatic N) is 1. The topological polar surface area (TPSA) is 129 Å². The molecule has 5 N–H and O–H groups in total. The lowest BCUT2D eigenvalue weighted by Gasteiger charge is -2.10. The molecule has 0 saturated carbocycles. The Morgan fingerprint density at radius 3 is 2.22 bits per heavy atom. The number of hydrogen-bond acceptors (Lipinski definition) is 4. The number of hydrogen-bond donors (Lipinski definition) is 4.